The van der Waals surface area contributed by atoms with Gasteiger partial charge in [-0.3, -0.25) is 0 Å². The van der Waals surface area contributed by atoms with Crippen LogP contribution in [0, 0.1) is 6.92 Å². The number of hydrogen-bond donors (Lipinski definition) is 1. The van der Waals surface area contributed by atoms with Gasteiger partial charge >= 0.3 is 0 Å². The van der Waals surface area contributed by atoms with Gasteiger partial charge in [0.25, 0.3) is 0 Å². The van der Waals surface area contributed by atoms with Crippen LogP contribution in [0.2, 0.25) is 0 Å². The van der Waals surface area contributed by atoms with E-state index in [9.17, 15) is 0 Å². The smallest absolute Gasteiger partial charge is 0.163 e. The molecule has 0 fully saturated rings. The van der Waals surface area contributed by atoms with E-state index in [-0.39, 0.29) is 0 Å². The number of nitrogen functional groups attached to an aromatic ring is 1. The first-order chi connectivity index (χ1) is 5.29. The van der Waals surface area contributed by atoms with Crippen molar-refractivity contribution in [3.63, 3.8) is 0 Å². The van der Waals surface area contributed by atoms with Crippen LogP contribution in [0.25, 0.3) is 5.65 Å². The van der Waals surface area contributed by atoms with Crippen LogP contribution in [-0.2, 0) is 0 Å². The lowest BCUT2D eigenvalue weighted by atomic mass is 10.4. The van der Waals surface area contributed by atoms with E-state index in [1.54, 1.807) is 10.8 Å². The molecule has 0 aromatic carbocycles. The molecule has 2 aromatic rings. The van der Waals surface area contributed by atoms with Crippen LogP contribution in [-0.4, -0.2) is 19.6 Å². The molecule has 0 atom stereocenters. The van der Waals surface area contributed by atoms with Crippen molar-refractivity contribution in [3.8, 4) is 0 Å². The van der Waals surface area contributed by atoms with Crippen LogP contribution in [0.5, 0.6) is 0 Å². The maximum atomic E-state index is 5.55. The van der Waals surface area contributed by atoms with E-state index in [2.05, 4.69) is 15.1 Å². The predicted molar refractivity (Wildman–Crippen MR) is 39.9 cm³/mol. The van der Waals surface area contributed by atoms with Crippen LogP contribution in [0.3, 0.4) is 0 Å². The molecule has 56 valence electrons. The molecule has 0 aliphatic rings. The first-order valence-corrected chi connectivity index (χ1v) is 3.19. The minimum absolute atomic E-state index is 0.505. The molecule has 0 saturated heterocycles. The van der Waals surface area contributed by atoms with Gasteiger partial charge < -0.3 is 5.73 Å². The highest BCUT2D eigenvalue weighted by atomic mass is 15.3. The monoisotopic (exact) mass is 149 g/mol. The number of aryl methyl sites for hydroxylation is 1. The molecular formula is C6H7N5. The molecule has 11 heavy (non-hydrogen) atoms. The Morgan fingerprint density at radius 3 is 3.09 bits per heavy atom. The Hall–Kier alpha value is -1.65. The second-order valence-corrected chi connectivity index (χ2v) is 2.29. The molecule has 0 aliphatic carbocycles. The summed E-state index contributed by atoms with van der Waals surface area (Å²) in [5.41, 5.74) is 7.21. The second-order valence-electron chi connectivity index (χ2n) is 2.29. The lowest BCUT2D eigenvalue weighted by molar-refractivity contribution is 0.895. The van der Waals surface area contributed by atoms with Crippen LogP contribution in [0.15, 0.2) is 12.7 Å². The van der Waals surface area contributed by atoms with Gasteiger partial charge in [0.05, 0.1) is 0 Å². The molecule has 0 spiro atoms. The number of nitrogens with zero attached hydrogens (tertiary/aromatic N) is 4. The zero-order valence-electron chi connectivity index (χ0n) is 6.02. The molecule has 5 heteroatoms. The summed E-state index contributed by atoms with van der Waals surface area (Å²) in [6, 6.07) is 0. The van der Waals surface area contributed by atoms with Crippen molar-refractivity contribution in [3.05, 3.63) is 18.2 Å². The number of fused-ring (bicyclic) bond motifs is 1. The lowest BCUT2D eigenvalue weighted by Crippen LogP contribution is -1.91. The molecule has 0 amide bonds. The van der Waals surface area contributed by atoms with Gasteiger partial charge in [0, 0.05) is 5.56 Å². The Balaban J connectivity index is 2.92. The van der Waals surface area contributed by atoms with E-state index in [1.807, 2.05) is 6.92 Å². The van der Waals surface area contributed by atoms with Crippen LogP contribution >= 0.6 is 0 Å². The van der Waals surface area contributed by atoms with Crippen molar-refractivity contribution >= 4 is 11.5 Å². The van der Waals surface area contributed by atoms with Gasteiger partial charge in [-0.15, -0.1) is 5.10 Å². The number of rotatable bonds is 0. The van der Waals surface area contributed by atoms with E-state index >= 15 is 0 Å². The highest BCUT2D eigenvalue weighted by Crippen LogP contribution is 2.11. The quantitative estimate of drug-likeness (QED) is 0.573. The number of aromatic nitrogens is 4. The molecule has 2 rings (SSSR count). The summed E-state index contributed by atoms with van der Waals surface area (Å²) in [7, 11) is 0. The maximum absolute atomic E-state index is 5.55. The SMILES string of the molecule is Cc1c(N)nn2cncnc12. The molecule has 2 heterocycles. The van der Waals surface area contributed by atoms with Crippen molar-refractivity contribution in [2.45, 2.75) is 6.92 Å². The Kier molecular flexibility index (Phi) is 1.06. The topological polar surface area (TPSA) is 69.1 Å². The van der Waals surface area contributed by atoms with Gasteiger partial charge in [0.2, 0.25) is 0 Å². The number of nitrogens with two attached hydrogens (primary N) is 1. The molecule has 0 radical (unpaired) electrons. The summed E-state index contributed by atoms with van der Waals surface area (Å²) in [5, 5.41) is 3.98. The number of anilines is 1. The van der Waals surface area contributed by atoms with E-state index in [4.69, 9.17) is 5.73 Å². The predicted octanol–water partition coefficient (Wildman–Crippen LogP) is 0.0149. The Bertz CT molecular complexity index is 391. The minimum atomic E-state index is 0.505. The van der Waals surface area contributed by atoms with Crippen LogP contribution < -0.4 is 5.73 Å². The normalized spacial score (nSPS) is 10.6. The van der Waals surface area contributed by atoms with E-state index in [0.29, 0.717) is 5.82 Å². The molecule has 2 aromatic heterocycles. The molecule has 0 bridgehead atoms. The number of hydrogen-bond acceptors (Lipinski definition) is 4. The summed E-state index contributed by atoms with van der Waals surface area (Å²) >= 11 is 0. The molecule has 0 unspecified atom stereocenters. The zero-order valence-corrected chi connectivity index (χ0v) is 6.02. The standard InChI is InChI=1S/C6H7N5/c1-4-5(7)10-11-3-8-2-9-6(4)11/h2-3H,1H3,(H2,7,10). The first kappa shape index (κ1) is 6.09. The van der Waals surface area contributed by atoms with Gasteiger partial charge in [-0.2, -0.15) is 0 Å². The van der Waals surface area contributed by atoms with E-state index < -0.39 is 0 Å². The summed E-state index contributed by atoms with van der Waals surface area (Å²) in [6.45, 7) is 1.88. The third kappa shape index (κ3) is 0.739. The summed E-state index contributed by atoms with van der Waals surface area (Å²) in [6.07, 6.45) is 3.05. The molecule has 2 N–H and O–H groups in total. The first-order valence-electron chi connectivity index (χ1n) is 3.19. The molecule has 0 saturated carbocycles. The minimum Gasteiger partial charge on any atom is -0.382 e. The Morgan fingerprint density at radius 1 is 1.55 bits per heavy atom. The maximum Gasteiger partial charge on any atom is 0.163 e. The highest BCUT2D eigenvalue weighted by Gasteiger charge is 2.04. The molecule has 0 aliphatic heterocycles. The summed E-state index contributed by atoms with van der Waals surface area (Å²) in [4.78, 5) is 7.81. The van der Waals surface area contributed by atoms with Crippen molar-refractivity contribution < 1.29 is 0 Å². The second kappa shape index (κ2) is 1.91. The average molecular weight is 149 g/mol. The van der Waals surface area contributed by atoms with Gasteiger partial charge in [0.1, 0.15) is 12.7 Å². The highest BCUT2D eigenvalue weighted by molar-refractivity contribution is 5.57. The fourth-order valence-electron chi connectivity index (χ4n) is 0.942. The lowest BCUT2D eigenvalue weighted by Gasteiger charge is -1.87. The third-order valence-corrected chi connectivity index (χ3v) is 1.57. The summed E-state index contributed by atoms with van der Waals surface area (Å²) in [5.74, 6) is 0.505. The Labute approximate surface area is 62.9 Å². The van der Waals surface area contributed by atoms with Crippen LogP contribution in [0.4, 0.5) is 5.82 Å². The van der Waals surface area contributed by atoms with Crippen molar-refractivity contribution in [2.75, 3.05) is 5.73 Å². The largest absolute Gasteiger partial charge is 0.382 e. The van der Waals surface area contributed by atoms with Gasteiger partial charge in [-0.25, -0.2) is 14.5 Å². The van der Waals surface area contributed by atoms with E-state index in [0.717, 1.165) is 11.2 Å². The van der Waals surface area contributed by atoms with Crippen molar-refractivity contribution in [1.82, 2.24) is 19.6 Å². The van der Waals surface area contributed by atoms with Crippen LogP contribution in [0.1, 0.15) is 5.56 Å². The van der Waals surface area contributed by atoms with Gasteiger partial charge in [-0.1, -0.05) is 0 Å². The van der Waals surface area contributed by atoms with E-state index in [1.165, 1.54) is 6.33 Å². The average Bonchev–Trinajstić information content (AvgIpc) is 2.30. The molecular weight excluding hydrogens is 142 g/mol. The molecule has 5 nitrogen and oxygen atoms in total. The fourth-order valence-corrected chi connectivity index (χ4v) is 0.942. The fraction of sp³-hybridized carbons (Fsp3) is 0.167. The third-order valence-electron chi connectivity index (χ3n) is 1.57. The van der Waals surface area contributed by atoms with Gasteiger partial charge in [0.15, 0.2) is 11.5 Å². The Morgan fingerprint density at radius 2 is 2.36 bits per heavy atom. The zero-order chi connectivity index (χ0) is 7.84. The van der Waals surface area contributed by atoms with Crippen molar-refractivity contribution in [1.29, 1.82) is 0 Å². The summed E-state index contributed by atoms with van der Waals surface area (Å²) < 4.78 is 1.56. The van der Waals surface area contributed by atoms with Crippen molar-refractivity contribution in [2.24, 2.45) is 0 Å². The van der Waals surface area contributed by atoms with Gasteiger partial charge in [-0.05, 0) is 6.92 Å².